The summed E-state index contributed by atoms with van der Waals surface area (Å²) in [6.45, 7) is 4.67. The van der Waals surface area contributed by atoms with Crippen molar-refractivity contribution in [2.75, 3.05) is 0 Å². The van der Waals surface area contributed by atoms with E-state index in [-0.39, 0.29) is 5.41 Å². The molecule has 0 heterocycles. The summed E-state index contributed by atoms with van der Waals surface area (Å²) < 4.78 is 15.8. The zero-order valence-corrected chi connectivity index (χ0v) is 27.3. The van der Waals surface area contributed by atoms with Crippen LogP contribution in [-0.4, -0.2) is 0 Å². The van der Waals surface area contributed by atoms with Crippen LogP contribution in [0, 0.1) is 0 Å². The highest BCUT2D eigenvalue weighted by atomic mass is 31.2. The second kappa shape index (κ2) is 10.4. The molecule has 0 N–H and O–H groups in total. The molecule has 8 aromatic rings. The van der Waals surface area contributed by atoms with Gasteiger partial charge in [0, 0.05) is 21.3 Å². The topological polar surface area (TPSA) is 17.1 Å². The lowest BCUT2D eigenvalue weighted by Crippen LogP contribution is -2.27. The summed E-state index contributed by atoms with van der Waals surface area (Å²) in [6, 6.07) is 57.6. The molecule has 0 saturated carbocycles. The lowest BCUT2D eigenvalue weighted by molar-refractivity contribution is 0.592. The molecule has 8 aromatic carbocycles. The molecule has 47 heavy (non-hydrogen) atoms. The number of fused-ring (bicyclic) bond motifs is 9. The van der Waals surface area contributed by atoms with Gasteiger partial charge in [0.25, 0.3) is 0 Å². The van der Waals surface area contributed by atoms with Gasteiger partial charge < -0.3 is 4.57 Å². The predicted molar refractivity (Wildman–Crippen MR) is 201 cm³/mol. The van der Waals surface area contributed by atoms with Crippen LogP contribution >= 0.6 is 7.14 Å². The van der Waals surface area contributed by atoms with Crippen LogP contribution in [0.1, 0.15) is 25.0 Å². The van der Waals surface area contributed by atoms with Gasteiger partial charge in [-0.1, -0.05) is 153 Å². The van der Waals surface area contributed by atoms with Gasteiger partial charge in [-0.2, -0.15) is 0 Å². The smallest absolute Gasteiger partial charge is 0.171 e. The van der Waals surface area contributed by atoms with Crippen molar-refractivity contribution in [1.82, 2.24) is 0 Å². The molecule has 0 spiro atoms. The van der Waals surface area contributed by atoms with E-state index in [9.17, 15) is 0 Å². The lowest BCUT2D eigenvalue weighted by atomic mass is 9.81. The third-order valence-corrected chi connectivity index (χ3v) is 13.3. The number of benzene rings is 8. The van der Waals surface area contributed by atoms with Gasteiger partial charge in [0.1, 0.15) is 0 Å². The summed E-state index contributed by atoms with van der Waals surface area (Å²) in [4.78, 5) is 0. The molecule has 9 rings (SSSR count). The largest absolute Gasteiger partial charge is 0.309 e. The van der Waals surface area contributed by atoms with E-state index in [0.717, 1.165) is 27.0 Å². The first-order valence-corrected chi connectivity index (χ1v) is 18.0. The highest BCUT2D eigenvalue weighted by Gasteiger charge is 2.40. The fraction of sp³-hybridized carbons (Fsp3) is 0.0667. The second-order valence-electron chi connectivity index (χ2n) is 13.2. The van der Waals surface area contributed by atoms with Gasteiger partial charge in [0.15, 0.2) is 7.14 Å². The Hall–Kier alpha value is -5.23. The molecule has 0 saturated heterocycles. The average Bonchev–Trinajstić information content (AvgIpc) is 3.36. The van der Waals surface area contributed by atoms with Crippen LogP contribution in [0.3, 0.4) is 0 Å². The van der Waals surface area contributed by atoms with Crippen LogP contribution in [0.5, 0.6) is 0 Å². The third-order valence-electron chi connectivity index (χ3n) is 10.3. The van der Waals surface area contributed by atoms with Crippen molar-refractivity contribution < 1.29 is 4.57 Å². The van der Waals surface area contributed by atoms with Gasteiger partial charge in [-0.15, -0.1) is 0 Å². The van der Waals surface area contributed by atoms with Gasteiger partial charge in [-0.25, -0.2) is 0 Å². The Balaban J connectivity index is 1.41. The molecule has 0 unspecified atom stereocenters. The molecule has 0 aliphatic heterocycles. The van der Waals surface area contributed by atoms with Crippen molar-refractivity contribution in [3.8, 4) is 22.3 Å². The van der Waals surface area contributed by atoms with Crippen molar-refractivity contribution in [2.45, 2.75) is 19.3 Å². The molecule has 0 aromatic heterocycles. The molecular weight excluding hydrogens is 587 g/mol. The van der Waals surface area contributed by atoms with Crippen molar-refractivity contribution >= 4 is 55.4 Å². The van der Waals surface area contributed by atoms with Gasteiger partial charge in [-0.05, 0) is 90.0 Å². The quantitative estimate of drug-likeness (QED) is 0.141. The molecule has 0 radical (unpaired) electrons. The first kappa shape index (κ1) is 28.0. The maximum absolute atomic E-state index is 15.8. The van der Waals surface area contributed by atoms with Gasteiger partial charge in [-0.3, -0.25) is 0 Å². The standard InChI is InChI=1S/C45H33OP/c1-45(2)42-29-40-37-25-15-13-23-35(37)34-22-12-14-24-36(34)39(40)28-41(42)44-38(30-16-6-3-7-17-30)26-33(27-43(44)45)47(46,31-18-8-4-9-19-31)32-20-10-5-11-21-32/h3-29H,1-2H3. The fourth-order valence-corrected chi connectivity index (χ4v) is 10.7. The van der Waals surface area contributed by atoms with E-state index < -0.39 is 7.14 Å². The molecular formula is C45H33OP. The summed E-state index contributed by atoms with van der Waals surface area (Å²) in [6.07, 6.45) is 0. The summed E-state index contributed by atoms with van der Waals surface area (Å²) in [5.74, 6) is 0. The maximum atomic E-state index is 15.8. The minimum Gasteiger partial charge on any atom is -0.309 e. The number of hydrogen-bond donors (Lipinski definition) is 0. The fourth-order valence-electron chi connectivity index (χ4n) is 7.98. The van der Waals surface area contributed by atoms with Gasteiger partial charge in [0.05, 0.1) is 0 Å². The Kier molecular flexibility index (Phi) is 6.20. The Morgan fingerprint density at radius 1 is 0.404 bits per heavy atom. The van der Waals surface area contributed by atoms with Crippen molar-refractivity contribution in [3.05, 3.63) is 175 Å². The Bertz CT molecular complexity index is 2510. The zero-order valence-electron chi connectivity index (χ0n) is 26.4. The highest BCUT2D eigenvalue weighted by molar-refractivity contribution is 7.85. The zero-order chi connectivity index (χ0) is 31.8. The highest BCUT2D eigenvalue weighted by Crippen LogP contribution is 2.56. The van der Waals surface area contributed by atoms with Crippen molar-refractivity contribution in [1.29, 1.82) is 0 Å². The van der Waals surface area contributed by atoms with Crippen LogP contribution in [0.25, 0.3) is 54.6 Å². The molecule has 2 heteroatoms. The monoisotopic (exact) mass is 620 g/mol. The number of rotatable bonds is 4. The van der Waals surface area contributed by atoms with Crippen LogP contribution in [-0.2, 0) is 9.98 Å². The Labute approximate surface area is 275 Å². The summed E-state index contributed by atoms with van der Waals surface area (Å²) in [5, 5.41) is 10.2. The molecule has 0 atom stereocenters. The minimum absolute atomic E-state index is 0.316. The van der Waals surface area contributed by atoms with Crippen LogP contribution in [0.4, 0.5) is 0 Å². The summed E-state index contributed by atoms with van der Waals surface area (Å²) in [7, 11) is -3.22. The summed E-state index contributed by atoms with van der Waals surface area (Å²) in [5.41, 5.74) is 6.98. The first-order valence-electron chi connectivity index (χ1n) is 16.3. The molecule has 224 valence electrons. The van der Waals surface area contributed by atoms with Crippen LogP contribution < -0.4 is 15.9 Å². The van der Waals surface area contributed by atoms with E-state index in [1.165, 1.54) is 54.6 Å². The minimum atomic E-state index is -3.22. The van der Waals surface area contributed by atoms with Crippen molar-refractivity contribution in [3.63, 3.8) is 0 Å². The van der Waals surface area contributed by atoms with E-state index in [1.54, 1.807) is 0 Å². The molecule has 1 nitrogen and oxygen atoms in total. The molecule has 1 aliphatic carbocycles. The third kappa shape index (κ3) is 4.07. The van der Waals surface area contributed by atoms with Gasteiger partial charge in [0.2, 0.25) is 0 Å². The van der Waals surface area contributed by atoms with Crippen molar-refractivity contribution in [2.24, 2.45) is 0 Å². The predicted octanol–water partition coefficient (Wildman–Crippen LogP) is 10.8. The molecule has 0 fully saturated rings. The molecule has 1 aliphatic rings. The first-order chi connectivity index (χ1) is 23.0. The molecule has 0 amide bonds. The van der Waals surface area contributed by atoms with E-state index in [4.69, 9.17) is 0 Å². The van der Waals surface area contributed by atoms with E-state index in [0.29, 0.717) is 0 Å². The Morgan fingerprint density at radius 3 is 1.38 bits per heavy atom. The SMILES string of the molecule is CC1(C)c2cc3c4ccccc4c4ccccc4c3cc2-c2c(-c3ccccc3)cc(P(=O)(c3ccccc3)c3ccccc3)cc21. The van der Waals surface area contributed by atoms with E-state index in [2.05, 4.69) is 117 Å². The Morgan fingerprint density at radius 2 is 0.851 bits per heavy atom. The van der Waals surface area contributed by atoms with E-state index in [1.807, 2.05) is 60.7 Å². The lowest BCUT2D eigenvalue weighted by Gasteiger charge is -2.26. The summed E-state index contributed by atoms with van der Waals surface area (Å²) >= 11 is 0. The molecule has 0 bridgehead atoms. The van der Waals surface area contributed by atoms with E-state index >= 15 is 4.57 Å². The average molecular weight is 621 g/mol. The number of hydrogen-bond acceptors (Lipinski definition) is 1. The maximum Gasteiger partial charge on any atom is 0.171 e. The van der Waals surface area contributed by atoms with Crippen LogP contribution in [0.2, 0.25) is 0 Å². The van der Waals surface area contributed by atoms with Gasteiger partial charge >= 0.3 is 0 Å². The normalized spacial score (nSPS) is 13.6. The van der Waals surface area contributed by atoms with Crippen LogP contribution in [0.15, 0.2) is 164 Å². The second-order valence-corrected chi connectivity index (χ2v) is 16.0.